The normalized spacial score (nSPS) is 31.0. The predicted octanol–water partition coefficient (Wildman–Crippen LogP) is 2.15. The number of hydrogen-bond donors (Lipinski definition) is 2. The van der Waals surface area contributed by atoms with Crippen LogP contribution in [0.3, 0.4) is 0 Å². The standard InChI is InChI=1S/C14H28N2O2S/c15-13-9-5-2-6-10-14(13)16-19(17,18)11-12-7-3-1-4-8-12/h12-14,16H,1-11,15H2. The van der Waals surface area contributed by atoms with Crippen molar-refractivity contribution in [3.63, 3.8) is 0 Å². The zero-order chi connectivity index (χ0) is 13.7. The van der Waals surface area contributed by atoms with Gasteiger partial charge in [0.2, 0.25) is 10.0 Å². The molecule has 0 bridgehead atoms. The summed E-state index contributed by atoms with van der Waals surface area (Å²) < 4.78 is 27.4. The maximum atomic E-state index is 12.3. The minimum Gasteiger partial charge on any atom is -0.326 e. The molecule has 5 heteroatoms. The molecule has 0 spiro atoms. The molecule has 2 saturated carbocycles. The summed E-state index contributed by atoms with van der Waals surface area (Å²) in [5.41, 5.74) is 6.09. The van der Waals surface area contributed by atoms with Crippen LogP contribution >= 0.6 is 0 Å². The van der Waals surface area contributed by atoms with Gasteiger partial charge in [0.1, 0.15) is 0 Å². The lowest BCUT2D eigenvalue weighted by atomic mass is 9.91. The molecule has 4 nitrogen and oxygen atoms in total. The first kappa shape index (κ1) is 15.3. The van der Waals surface area contributed by atoms with Crippen LogP contribution in [0.2, 0.25) is 0 Å². The third kappa shape index (κ3) is 5.04. The van der Waals surface area contributed by atoms with Crippen molar-refractivity contribution in [1.82, 2.24) is 4.72 Å². The van der Waals surface area contributed by atoms with E-state index >= 15 is 0 Å². The van der Waals surface area contributed by atoms with E-state index in [0.717, 1.165) is 38.5 Å². The van der Waals surface area contributed by atoms with Gasteiger partial charge < -0.3 is 5.73 Å². The van der Waals surface area contributed by atoms with Gasteiger partial charge in [0, 0.05) is 12.1 Å². The smallest absolute Gasteiger partial charge is 0.212 e. The number of sulfonamides is 1. The van der Waals surface area contributed by atoms with Crippen molar-refractivity contribution in [2.45, 2.75) is 76.3 Å². The van der Waals surface area contributed by atoms with Gasteiger partial charge in [-0.05, 0) is 31.6 Å². The van der Waals surface area contributed by atoms with Crippen molar-refractivity contribution in [3.05, 3.63) is 0 Å². The highest BCUT2D eigenvalue weighted by Gasteiger charge is 2.27. The molecular formula is C14H28N2O2S. The molecular weight excluding hydrogens is 260 g/mol. The first-order valence-corrected chi connectivity index (χ1v) is 9.47. The molecule has 0 aromatic rings. The lowest BCUT2D eigenvalue weighted by Gasteiger charge is -2.25. The Balaban J connectivity index is 1.87. The van der Waals surface area contributed by atoms with Crippen LogP contribution in [0, 0.1) is 5.92 Å². The molecule has 19 heavy (non-hydrogen) atoms. The Kier molecular flexibility index (Phi) is 5.66. The average Bonchev–Trinajstić information content (AvgIpc) is 2.55. The van der Waals surface area contributed by atoms with Crippen molar-refractivity contribution in [2.24, 2.45) is 11.7 Å². The quantitative estimate of drug-likeness (QED) is 0.779. The fourth-order valence-corrected chi connectivity index (χ4v) is 5.23. The van der Waals surface area contributed by atoms with E-state index in [4.69, 9.17) is 5.73 Å². The number of nitrogens with one attached hydrogen (secondary N) is 1. The third-order valence-electron chi connectivity index (χ3n) is 4.58. The summed E-state index contributed by atoms with van der Waals surface area (Å²) in [5, 5.41) is 0. The van der Waals surface area contributed by atoms with Crippen molar-refractivity contribution in [3.8, 4) is 0 Å². The highest BCUT2D eigenvalue weighted by molar-refractivity contribution is 7.89. The number of rotatable bonds is 4. The zero-order valence-electron chi connectivity index (χ0n) is 11.8. The zero-order valence-corrected chi connectivity index (χ0v) is 12.6. The van der Waals surface area contributed by atoms with Gasteiger partial charge in [-0.1, -0.05) is 38.5 Å². The first-order valence-electron chi connectivity index (χ1n) is 7.82. The first-order chi connectivity index (χ1) is 9.07. The van der Waals surface area contributed by atoms with Gasteiger partial charge in [-0.2, -0.15) is 0 Å². The molecule has 3 N–H and O–H groups in total. The molecule has 2 rings (SSSR count). The summed E-state index contributed by atoms with van der Waals surface area (Å²) >= 11 is 0. The van der Waals surface area contributed by atoms with Gasteiger partial charge in [0.15, 0.2) is 0 Å². The van der Waals surface area contributed by atoms with Crippen LogP contribution in [0.4, 0.5) is 0 Å². The summed E-state index contributed by atoms with van der Waals surface area (Å²) in [7, 11) is -3.16. The maximum Gasteiger partial charge on any atom is 0.212 e. The average molecular weight is 288 g/mol. The van der Waals surface area contributed by atoms with Gasteiger partial charge in [0.05, 0.1) is 5.75 Å². The van der Waals surface area contributed by atoms with Crippen molar-refractivity contribution in [2.75, 3.05) is 5.75 Å². The summed E-state index contributed by atoms with van der Waals surface area (Å²) in [6.45, 7) is 0. The van der Waals surface area contributed by atoms with Gasteiger partial charge in [-0.15, -0.1) is 0 Å². The molecule has 2 aliphatic rings. The van der Waals surface area contributed by atoms with Crippen LogP contribution in [-0.4, -0.2) is 26.3 Å². The highest BCUT2D eigenvalue weighted by atomic mass is 32.2. The lowest BCUT2D eigenvalue weighted by Crippen LogP contribution is -2.48. The molecule has 2 unspecified atom stereocenters. The molecule has 112 valence electrons. The molecule has 0 saturated heterocycles. The Hall–Kier alpha value is -0.130. The molecule has 2 atom stereocenters. The minimum absolute atomic E-state index is 0.0105. The monoisotopic (exact) mass is 288 g/mol. The Morgan fingerprint density at radius 3 is 2.16 bits per heavy atom. The van der Waals surface area contributed by atoms with Crippen molar-refractivity contribution < 1.29 is 8.42 Å². The largest absolute Gasteiger partial charge is 0.326 e. The Bertz CT molecular complexity index is 364. The fraction of sp³-hybridized carbons (Fsp3) is 1.00. The molecule has 2 aliphatic carbocycles. The number of nitrogens with two attached hydrogens (primary N) is 1. The fourth-order valence-electron chi connectivity index (χ4n) is 3.43. The molecule has 0 aliphatic heterocycles. The predicted molar refractivity (Wildman–Crippen MR) is 78.3 cm³/mol. The second-order valence-electron chi connectivity index (χ2n) is 6.31. The van der Waals surface area contributed by atoms with Gasteiger partial charge in [-0.3, -0.25) is 0 Å². The molecule has 0 heterocycles. The van der Waals surface area contributed by atoms with Crippen LogP contribution in [0.15, 0.2) is 0 Å². The second-order valence-corrected chi connectivity index (χ2v) is 8.11. The van der Waals surface area contributed by atoms with E-state index < -0.39 is 10.0 Å². The van der Waals surface area contributed by atoms with E-state index in [1.165, 1.54) is 25.7 Å². The topological polar surface area (TPSA) is 72.2 Å². The molecule has 0 radical (unpaired) electrons. The van der Waals surface area contributed by atoms with E-state index in [1.54, 1.807) is 0 Å². The molecule has 2 fully saturated rings. The molecule has 0 aromatic heterocycles. The lowest BCUT2D eigenvalue weighted by molar-refractivity contribution is 0.381. The molecule has 0 aromatic carbocycles. The SMILES string of the molecule is NC1CCCCCC1NS(=O)(=O)CC1CCCCC1. The van der Waals surface area contributed by atoms with Crippen molar-refractivity contribution in [1.29, 1.82) is 0 Å². The van der Waals surface area contributed by atoms with Gasteiger partial charge in [-0.25, -0.2) is 13.1 Å². The Morgan fingerprint density at radius 2 is 1.47 bits per heavy atom. The number of hydrogen-bond acceptors (Lipinski definition) is 3. The van der Waals surface area contributed by atoms with E-state index in [-0.39, 0.29) is 12.1 Å². The van der Waals surface area contributed by atoms with Crippen LogP contribution in [0.5, 0.6) is 0 Å². The van der Waals surface area contributed by atoms with Gasteiger partial charge in [0.25, 0.3) is 0 Å². The van der Waals surface area contributed by atoms with Gasteiger partial charge >= 0.3 is 0 Å². The van der Waals surface area contributed by atoms with Crippen LogP contribution in [0.1, 0.15) is 64.2 Å². The Labute approximate surface area is 117 Å². The maximum absolute atomic E-state index is 12.3. The summed E-state index contributed by atoms with van der Waals surface area (Å²) in [5.74, 6) is 0.657. The summed E-state index contributed by atoms with van der Waals surface area (Å²) in [4.78, 5) is 0. The van der Waals surface area contributed by atoms with E-state index in [1.807, 2.05) is 0 Å². The van der Waals surface area contributed by atoms with E-state index in [9.17, 15) is 8.42 Å². The summed E-state index contributed by atoms with van der Waals surface area (Å²) in [6.07, 6.45) is 11.0. The van der Waals surface area contributed by atoms with E-state index in [2.05, 4.69) is 4.72 Å². The highest BCUT2D eigenvalue weighted by Crippen LogP contribution is 2.25. The molecule has 0 amide bonds. The van der Waals surface area contributed by atoms with Crippen LogP contribution in [-0.2, 0) is 10.0 Å². The van der Waals surface area contributed by atoms with Crippen LogP contribution < -0.4 is 10.5 Å². The minimum atomic E-state index is -3.16. The third-order valence-corrected chi connectivity index (χ3v) is 6.15. The van der Waals surface area contributed by atoms with Crippen LogP contribution in [0.25, 0.3) is 0 Å². The van der Waals surface area contributed by atoms with Crippen molar-refractivity contribution >= 4 is 10.0 Å². The Morgan fingerprint density at radius 1 is 0.895 bits per heavy atom. The van der Waals surface area contributed by atoms with E-state index in [0.29, 0.717) is 11.7 Å². The summed E-state index contributed by atoms with van der Waals surface area (Å²) in [6, 6.07) is -0.0558. The second kappa shape index (κ2) is 7.04.